The highest BCUT2D eigenvalue weighted by atomic mass is 127. The normalized spacial score (nSPS) is 15.9. The third-order valence-corrected chi connectivity index (χ3v) is 5.63. The van der Waals surface area contributed by atoms with Gasteiger partial charge in [-0.3, -0.25) is 14.5 Å². The SMILES string of the molecule is CCOc1cc(/C=C2/SC(=O)N([C@H](C)C(=O)OC)C2=O)cc(I)c1OCC(=O)OC. The minimum Gasteiger partial charge on any atom is -0.490 e. The lowest BCUT2D eigenvalue weighted by Gasteiger charge is -2.18. The van der Waals surface area contributed by atoms with E-state index in [1.165, 1.54) is 27.2 Å². The van der Waals surface area contributed by atoms with Crippen molar-refractivity contribution >= 4 is 63.5 Å². The zero-order chi connectivity index (χ0) is 22.4. The molecule has 2 rings (SSSR count). The second-order valence-corrected chi connectivity index (χ2v) is 8.03. The average Bonchev–Trinajstić information content (AvgIpc) is 2.99. The predicted octanol–water partition coefficient (Wildman–Crippen LogP) is 2.84. The van der Waals surface area contributed by atoms with Crippen LogP contribution in [0.5, 0.6) is 11.5 Å². The smallest absolute Gasteiger partial charge is 0.343 e. The standard InChI is InChI=1S/C19H20INO8S/c1-5-28-13-7-11(6-12(20)16(13)29-9-15(22)26-3)8-14-17(23)21(19(25)30-14)10(2)18(24)27-4/h6-8,10H,5,9H2,1-4H3/b14-8+/t10-/m1/s1. The molecule has 11 heteroatoms. The Morgan fingerprint density at radius 2 is 1.90 bits per heavy atom. The molecule has 1 saturated heterocycles. The van der Waals surface area contributed by atoms with Crippen LogP contribution in [0.4, 0.5) is 4.79 Å². The molecule has 2 amide bonds. The number of thioether (sulfide) groups is 1. The van der Waals surface area contributed by atoms with E-state index in [1.54, 1.807) is 19.1 Å². The number of methoxy groups -OCH3 is 2. The molecule has 1 aliphatic rings. The summed E-state index contributed by atoms with van der Waals surface area (Å²) in [6.45, 7) is 3.29. The van der Waals surface area contributed by atoms with Gasteiger partial charge in [-0.1, -0.05) is 0 Å². The van der Waals surface area contributed by atoms with Crippen LogP contribution < -0.4 is 9.47 Å². The number of hydrogen-bond donors (Lipinski definition) is 0. The molecule has 1 aromatic carbocycles. The zero-order valence-electron chi connectivity index (χ0n) is 16.7. The lowest BCUT2D eigenvalue weighted by atomic mass is 10.1. The lowest BCUT2D eigenvalue weighted by Crippen LogP contribution is -2.42. The Bertz CT molecular complexity index is 901. The van der Waals surface area contributed by atoms with Crippen LogP contribution in [0.3, 0.4) is 0 Å². The van der Waals surface area contributed by atoms with Crippen molar-refractivity contribution < 1.29 is 38.1 Å². The molecular weight excluding hydrogens is 529 g/mol. The van der Waals surface area contributed by atoms with Gasteiger partial charge >= 0.3 is 11.9 Å². The van der Waals surface area contributed by atoms with Crippen LogP contribution in [0.15, 0.2) is 17.0 Å². The number of amides is 2. The fraction of sp³-hybridized carbons (Fsp3) is 0.368. The highest BCUT2D eigenvalue weighted by Gasteiger charge is 2.41. The summed E-state index contributed by atoms with van der Waals surface area (Å²) in [6.07, 6.45) is 1.53. The number of imide groups is 1. The van der Waals surface area contributed by atoms with Crippen molar-refractivity contribution in [2.75, 3.05) is 27.4 Å². The number of benzene rings is 1. The highest BCUT2D eigenvalue weighted by Crippen LogP contribution is 2.38. The Labute approximate surface area is 191 Å². The van der Waals surface area contributed by atoms with E-state index in [1.807, 2.05) is 22.6 Å². The van der Waals surface area contributed by atoms with Gasteiger partial charge in [-0.15, -0.1) is 0 Å². The average molecular weight is 549 g/mol. The largest absolute Gasteiger partial charge is 0.490 e. The first-order chi connectivity index (χ1) is 14.2. The number of carbonyl (C=O) groups is 4. The molecular formula is C19H20INO8S. The van der Waals surface area contributed by atoms with Gasteiger partial charge in [0.1, 0.15) is 6.04 Å². The van der Waals surface area contributed by atoms with Gasteiger partial charge in [0, 0.05) is 0 Å². The molecule has 0 N–H and O–H groups in total. The predicted molar refractivity (Wildman–Crippen MR) is 117 cm³/mol. The van der Waals surface area contributed by atoms with Crippen LogP contribution in [-0.4, -0.2) is 61.5 Å². The van der Waals surface area contributed by atoms with Crippen LogP contribution in [0.25, 0.3) is 6.08 Å². The first-order valence-electron chi connectivity index (χ1n) is 8.74. The van der Waals surface area contributed by atoms with Crippen LogP contribution in [-0.2, 0) is 23.9 Å². The maximum absolute atomic E-state index is 12.7. The van der Waals surface area contributed by atoms with Crippen molar-refractivity contribution in [1.82, 2.24) is 4.90 Å². The first-order valence-corrected chi connectivity index (χ1v) is 10.6. The van der Waals surface area contributed by atoms with Crippen LogP contribution in [0.1, 0.15) is 19.4 Å². The van der Waals surface area contributed by atoms with E-state index in [0.29, 0.717) is 27.2 Å². The second-order valence-electron chi connectivity index (χ2n) is 5.88. The molecule has 0 unspecified atom stereocenters. The van der Waals surface area contributed by atoms with Crippen LogP contribution >= 0.6 is 34.4 Å². The highest BCUT2D eigenvalue weighted by molar-refractivity contribution is 14.1. The van der Waals surface area contributed by atoms with Crippen molar-refractivity contribution in [3.63, 3.8) is 0 Å². The molecule has 1 aliphatic heterocycles. The quantitative estimate of drug-likeness (QED) is 0.275. The van der Waals surface area contributed by atoms with E-state index in [-0.39, 0.29) is 11.5 Å². The fourth-order valence-electron chi connectivity index (χ4n) is 2.51. The van der Waals surface area contributed by atoms with Crippen LogP contribution in [0.2, 0.25) is 0 Å². The number of rotatable bonds is 8. The number of hydrogen-bond acceptors (Lipinski definition) is 9. The van der Waals surface area contributed by atoms with E-state index < -0.39 is 29.1 Å². The minimum atomic E-state index is -1.03. The molecule has 0 bridgehead atoms. The zero-order valence-corrected chi connectivity index (χ0v) is 19.7. The van der Waals surface area contributed by atoms with Gasteiger partial charge in [0.25, 0.3) is 11.1 Å². The molecule has 1 fully saturated rings. The number of ether oxygens (including phenoxy) is 4. The second kappa shape index (κ2) is 10.7. The Morgan fingerprint density at radius 1 is 1.20 bits per heavy atom. The molecule has 1 heterocycles. The van der Waals surface area contributed by atoms with Crippen molar-refractivity contribution in [2.45, 2.75) is 19.9 Å². The molecule has 9 nitrogen and oxygen atoms in total. The summed E-state index contributed by atoms with van der Waals surface area (Å²) < 4.78 is 20.9. The van der Waals surface area contributed by atoms with Gasteiger partial charge in [0.2, 0.25) is 0 Å². The van der Waals surface area contributed by atoms with Crippen molar-refractivity contribution in [3.05, 3.63) is 26.2 Å². The van der Waals surface area contributed by atoms with Gasteiger partial charge < -0.3 is 18.9 Å². The summed E-state index contributed by atoms with van der Waals surface area (Å²) in [5, 5.41) is -0.554. The number of halogens is 1. The Kier molecular flexibility index (Phi) is 8.53. The molecule has 0 aliphatic carbocycles. The summed E-state index contributed by atoms with van der Waals surface area (Å²) in [5.41, 5.74) is 0.587. The summed E-state index contributed by atoms with van der Waals surface area (Å²) in [4.78, 5) is 49.0. The molecule has 1 atom stereocenters. The number of nitrogens with zero attached hydrogens (tertiary/aromatic N) is 1. The number of carbonyl (C=O) groups excluding carboxylic acids is 4. The topological polar surface area (TPSA) is 108 Å². The molecule has 30 heavy (non-hydrogen) atoms. The third kappa shape index (κ3) is 5.45. The van der Waals surface area contributed by atoms with Gasteiger partial charge in [-0.2, -0.15) is 0 Å². The van der Waals surface area contributed by atoms with E-state index in [9.17, 15) is 19.2 Å². The van der Waals surface area contributed by atoms with E-state index >= 15 is 0 Å². The monoisotopic (exact) mass is 549 g/mol. The van der Waals surface area contributed by atoms with Gasteiger partial charge in [-0.05, 0) is 72.0 Å². The van der Waals surface area contributed by atoms with Crippen molar-refractivity contribution in [1.29, 1.82) is 0 Å². The number of esters is 2. The van der Waals surface area contributed by atoms with Gasteiger partial charge in [0.05, 0.1) is 29.3 Å². The van der Waals surface area contributed by atoms with Gasteiger partial charge in [0.15, 0.2) is 18.1 Å². The summed E-state index contributed by atoms with van der Waals surface area (Å²) in [5.74, 6) is -1.06. The maximum Gasteiger partial charge on any atom is 0.343 e. The van der Waals surface area contributed by atoms with Crippen molar-refractivity contribution in [3.8, 4) is 11.5 Å². The Balaban J connectivity index is 2.34. The first kappa shape index (κ1) is 24.0. The van der Waals surface area contributed by atoms with E-state index in [2.05, 4.69) is 9.47 Å². The van der Waals surface area contributed by atoms with E-state index in [4.69, 9.17) is 9.47 Å². The molecule has 0 aromatic heterocycles. The fourth-order valence-corrected chi connectivity index (χ4v) is 4.19. The summed E-state index contributed by atoms with van der Waals surface area (Å²) in [7, 11) is 2.45. The Hall–Kier alpha value is -2.28. The lowest BCUT2D eigenvalue weighted by molar-refractivity contribution is -0.148. The van der Waals surface area contributed by atoms with Crippen LogP contribution in [0, 0.1) is 3.57 Å². The van der Waals surface area contributed by atoms with Crippen molar-refractivity contribution in [2.24, 2.45) is 0 Å². The summed E-state index contributed by atoms with van der Waals surface area (Å²) in [6, 6.07) is 2.32. The third-order valence-electron chi connectivity index (χ3n) is 3.94. The molecule has 0 radical (unpaired) electrons. The summed E-state index contributed by atoms with van der Waals surface area (Å²) >= 11 is 2.75. The Morgan fingerprint density at radius 3 is 2.50 bits per heavy atom. The molecule has 162 valence electrons. The molecule has 0 spiro atoms. The minimum absolute atomic E-state index is 0.164. The van der Waals surface area contributed by atoms with E-state index in [0.717, 1.165) is 16.7 Å². The molecule has 0 saturated carbocycles. The molecule has 1 aromatic rings. The maximum atomic E-state index is 12.7. The van der Waals surface area contributed by atoms with Gasteiger partial charge in [-0.25, -0.2) is 9.59 Å².